The third-order valence-electron chi connectivity index (χ3n) is 6.32. The fraction of sp³-hybridized carbons (Fsp3) is 0.565. The minimum atomic E-state index is -0.0620. The van der Waals surface area contributed by atoms with Gasteiger partial charge in [-0.3, -0.25) is 9.48 Å². The summed E-state index contributed by atoms with van der Waals surface area (Å²) in [7, 11) is 1.69. The van der Waals surface area contributed by atoms with E-state index in [-0.39, 0.29) is 5.91 Å². The van der Waals surface area contributed by atoms with Crippen molar-refractivity contribution in [2.45, 2.75) is 76.4 Å². The van der Waals surface area contributed by atoms with E-state index in [0.29, 0.717) is 17.8 Å². The van der Waals surface area contributed by atoms with Crippen LogP contribution in [0, 0.1) is 0 Å². The average Bonchev–Trinajstić information content (AvgIpc) is 3.11. The molecule has 0 bridgehead atoms. The summed E-state index contributed by atoms with van der Waals surface area (Å²) in [5.74, 6) is -0.0620. The molecule has 5 heteroatoms. The highest BCUT2D eigenvalue weighted by Gasteiger charge is 2.30. The summed E-state index contributed by atoms with van der Waals surface area (Å²) in [6.07, 6.45) is 10.6. The molecule has 1 aromatic heterocycles. The van der Waals surface area contributed by atoms with E-state index in [9.17, 15) is 4.79 Å². The molecule has 150 valence electrons. The summed E-state index contributed by atoms with van der Waals surface area (Å²) >= 11 is 0. The van der Waals surface area contributed by atoms with Crippen LogP contribution in [0.5, 0.6) is 0 Å². The molecule has 28 heavy (non-hydrogen) atoms. The largest absolute Gasteiger partial charge is 0.354 e. The smallest absolute Gasteiger partial charge is 0.271 e. The Labute approximate surface area is 167 Å². The number of benzene rings is 1. The lowest BCUT2D eigenvalue weighted by atomic mass is 9.88. The Morgan fingerprint density at radius 1 is 1.11 bits per heavy atom. The SMILES string of the molecule is CNC(=O)c1nn(CCc2ccccc2)c2c1C[C@@H](NC1CCCCC1)CC2. The van der Waals surface area contributed by atoms with Gasteiger partial charge in [-0.05, 0) is 44.1 Å². The van der Waals surface area contributed by atoms with Crippen molar-refractivity contribution in [3.05, 3.63) is 52.8 Å². The fourth-order valence-corrected chi connectivity index (χ4v) is 4.80. The van der Waals surface area contributed by atoms with Gasteiger partial charge in [-0.1, -0.05) is 49.6 Å². The van der Waals surface area contributed by atoms with Crippen LogP contribution in [0.3, 0.4) is 0 Å². The van der Waals surface area contributed by atoms with Gasteiger partial charge < -0.3 is 10.6 Å². The summed E-state index contributed by atoms with van der Waals surface area (Å²) in [6.45, 7) is 0.823. The molecule has 1 amide bonds. The van der Waals surface area contributed by atoms with Crippen molar-refractivity contribution in [2.24, 2.45) is 0 Å². The molecule has 2 aliphatic carbocycles. The molecular weight excluding hydrogens is 348 g/mol. The highest BCUT2D eigenvalue weighted by atomic mass is 16.1. The summed E-state index contributed by atoms with van der Waals surface area (Å²) in [4.78, 5) is 12.5. The highest BCUT2D eigenvalue weighted by Crippen LogP contribution is 2.27. The first kappa shape index (κ1) is 19.2. The van der Waals surface area contributed by atoms with Crippen molar-refractivity contribution >= 4 is 5.91 Å². The number of nitrogens with one attached hydrogen (secondary N) is 2. The minimum Gasteiger partial charge on any atom is -0.354 e. The zero-order chi connectivity index (χ0) is 19.3. The van der Waals surface area contributed by atoms with Crippen LogP contribution < -0.4 is 10.6 Å². The molecule has 1 heterocycles. The zero-order valence-corrected chi connectivity index (χ0v) is 16.9. The summed E-state index contributed by atoms with van der Waals surface area (Å²) in [5, 5.41) is 11.4. The normalized spacial score (nSPS) is 20.0. The van der Waals surface area contributed by atoms with E-state index in [0.717, 1.165) is 37.8 Å². The molecule has 2 aliphatic rings. The van der Waals surface area contributed by atoms with Crippen molar-refractivity contribution < 1.29 is 4.79 Å². The molecule has 2 N–H and O–H groups in total. The van der Waals surface area contributed by atoms with Crippen LogP contribution in [0.4, 0.5) is 0 Å². The topological polar surface area (TPSA) is 59.0 Å². The molecule has 1 aromatic carbocycles. The second-order valence-corrected chi connectivity index (χ2v) is 8.25. The molecule has 1 fully saturated rings. The number of aromatic nitrogens is 2. The molecule has 1 saturated carbocycles. The summed E-state index contributed by atoms with van der Waals surface area (Å²) < 4.78 is 2.09. The van der Waals surface area contributed by atoms with Gasteiger partial charge in [0, 0.05) is 36.9 Å². The molecule has 0 saturated heterocycles. The van der Waals surface area contributed by atoms with Crippen molar-refractivity contribution in [2.75, 3.05) is 7.05 Å². The molecule has 2 aromatic rings. The van der Waals surface area contributed by atoms with Crippen molar-refractivity contribution in [3.8, 4) is 0 Å². The Hall–Kier alpha value is -2.14. The summed E-state index contributed by atoms with van der Waals surface area (Å²) in [5.41, 5.74) is 4.35. The van der Waals surface area contributed by atoms with Crippen molar-refractivity contribution in [1.82, 2.24) is 20.4 Å². The predicted octanol–water partition coefficient (Wildman–Crippen LogP) is 3.27. The Morgan fingerprint density at radius 2 is 1.89 bits per heavy atom. The quantitative estimate of drug-likeness (QED) is 0.809. The number of aryl methyl sites for hydroxylation is 2. The Balaban J connectivity index is 1.50. The van der Waals surface area contributed by atoms with Gasteiger partial charge in [-0.25, -0.2) is 0 Å². The molecular formula is C23H32N4O. The van der Waals surface area contributed by atoms with Gasteiger partial charge in [0.25, 0.3) is 5.91 Å². The van der Waals surface area contributed by atoms with Crippen molar-refractivity contribution in [1.29, 1.82) is 0 Å². The molecule has 1 atom stereocenters. The Morgan fingerprint density at radius 3 is 2.64 bits per heavy atom. The summed E-state index contributed by atoms with van der Waals surface area (Å²) in [6, 6.07) is 11.6. The predicted molar refractivity (Wildman–Crippen MR) is 112 cm³/mol. The Bertz CT molecular complexity index is 792. The lowest BCUT2D eigenvalue weighted by Gasteiger charge is -2.31. The lowest BCUT2D eigenvalue weighted by molar-refractivity contribution is 0.0956. The van der Waals surface area contributed by atoms with Crippen LogP contribution in [0.1, 0.15) is 65.8 Å². The maximum absolute atomic E-state index is 12.5. The fourth-order valence-electron chi connectivity index (χ4n) is 4.80. The van der Waals surface area contributed by atoms with Crippen molar-refractivity contribution in [3.63, 3.8) is 0 Å². The minimum absolute atomic E-state index is 0.0620. The molecule has 0 radical (unpaired) electrons. The van der Waals surface area contributed by atoms with E-state index in [1.54, 1.807) is 7.05 Å². The van der Waals surface area contributed by atoms with E-state index >= 15 is 0 Å². The van der Waals surface area contributed by atoms with E-state index in [2.05, 4.69) is 39.6 Å². The third kappa shape index (κ3) is 4.30. The van der Waals surface area contributed by atoms with Gasteiger partial charge in [0.2, 0.25) is 0 Å². The van der Waals surface area contributed by atoms with Gasteiger partial charge in [0.05, 0.1) is 0 Å². The van der Waals surface area contributed by atoms with E-state index < -0.39 is 0 Å². The van der Waals surface area contributed by atoms with Gasteiger partial charge in [-0.2, -0.15) is 5.10 Å². The van der Waals surface area contributed by atoms with Crippen LogP contribution in [0.15, 0.2) is 30.3 Å². The first-order valence-corrected chi connectivity index (χ1v) is 10.8. The number of hydrogen-bond acceptors (Lipinski definition) is 3. The van der Waals surface area contributed by atoms with Crippen LogP contribution in [0.25, 0.3) is 0 Å². The zero-order valence-electron chi connectivity index (χ0n) is 16.9. The van der Waals surface area contributed by atoms with E-state index in [4.69, 9.17) is 5.10 Å². The van der Waals surface area contributed by atoms with Crippen LogP contribution in [-0.2, 0) is 25.8 Å². The number of hydrogen-bond donors (Lipinski definition) is 2. The first-order chi connectivity index (χ1) is 13.7. The number of rotatable bonds is 6. The van der Waals surface area contributed by atoms with Crippen LogP contribution >= 0.6 is 0 Å². The van der Waals surface area contributed by atoms with Gasteiger partial charge in [0.15, 0.2) is 5.69 Å². The van der Waals surface area contributed by atoms with Gasteiger partial charge in [0.1, 0.15) is 0 Å². The molecule has 4 rings (SSSR count). The monoisotopic (exact) mass is 380 g/mol. The first-order valence-electron chi connectivity index (χ1n) is 10.8. The van der Waals surface area contributed by atoms with E-state index in [1.165, 1.54) is 43.4 Å². The number of nitrogens with zero attached hydrogens (tertiary/aromatic N) is 2. The standard InChI is InChI=1S/C23H32N4O/c1-24-23(28)22-20-16-19(25-18-10-6-3-7-11-18)12-13-21(20)27(26-22)15-14-17-8-4-2-5-9-17/h2,4-5,8-9,18-19,25H,3,6-7,10-16H2,1H3,(H,24,28)/t19-/m0/s1. The van der Waals surface area contributed by atoms with Gasteiger partial charge >= 0.3 is 0 Å². The number of carbonyl (C=O) groups is 1. The molecule has 0 unspecified atom stereocenters. The number of fused-ring (bicyclic) bond motifs is 1. The molecule has 5 nitrogen and oxygen atoms in total. The maximum Gasteiger partial charge on any atom is 0.271 e. The average molecular weight is 381 g/mol. The second-order valence-electron chi connectivity index (χ2n) is 8.25. The molecule has 0 aliphatic heterocycles. The lowest BCUT2D eigenvalue weighted by Crippen LogP contribution is -2.42. The van der Waals surface area contributed by atoms with Crippen LogP contribution in [-0.4, -0.2) is 34.8 Å². The Kier molecular flexibility index (Phi) is 6.10. The van der Waals surface area contributed by atoms with Gasteiger partial charge in [-0.15, -0.1) is 0 Å². The second kappa shape index (κ2) is 8.91. The van der Waals surface area contributed by atoms with E-state index in [1.807, 2.05) is 6.07 Å². The highest BCUT2D eigenvalue weighted by molar-refractivity contribution is 5.93. The third-order valence-corrected chi connectivity index (χ3v) is 6.32. The number of amides is 1. The molecule has 0 spiro atoms. The maximum atomic E-state index is 12.5. The van der Waals surface area contributed by atoms with Crippen LogP contribution in [0.2, 0.25) is 0 Å². The number of carbonyl (C=O) groups excluding carboxylic acids is 1.